The minimum absolute atomic E-state index is 0.149. The lowest BCUT2D eigenvalue weighted by Gasteiger charge is -2.15. The van der Waals surface area contributed by atoms with Gasteiger partial charge in [0, 0.05) is 19.0 Å². The molecule has 5 heteroatoms. The normalized spacial score (nSPS) is 13.9. The molecule has 2 atom stereocenters. The van der Waals surface area contributed by atoms with Gasteiger partial charge in [-0.2, -0.15) is 0 Å². The fourth-order valence-corrected chi connectivity index (χ4v) is 1.12. The maximum absolute atomic E-state index is 11.3. The number of carboxylic acids is 1. The van der Waals surface area contributed by atoms with Gasteiger partial charge in [-0.15, -0.1) is 0 Å². The Morgan fingerprint density at radius 2 is 1.94 bits per heavy atom. The number of aliphatic carboxylic acids is 1. The third-order valence-corrected chi connectivity index (χ3v) is 2.45. The smallest absolute Gasteiger partial charge is 0.315 e. The van der Waals surface area contributed by atoms with E-state index in [9.17, 15) is 9.59 Å². The highest BCUT2D eigenvalue weighted by molar-refractivity contribution is 5.74. The molecule has 0 aliphatic heterocycles. The van der Waals surface area contributed by atoms with Crippen LogP contribution in [-0.2, 0) is 4.79 Å². The first-order valence-electron chi connectivity index (χ1n) is 5.71. The van der Waals surface area contributed by atoms with Crippen LogP contribution in [0.25, 0.3) is 0 Å². The van der Waals surface area contributed by atoms with E-state index in [2.05, 4.69) is 10.6 Å². The molecule has 0 saturated carbocycles. The number of hydrogen-bond donors (Lipinski definition) is 3. The largest absolute Gasteiger partial charge is 0.481 e. The molecule has 3 N–H and O–H groups in total. The first kappa shape index (κ1) is 14.7. The maximum atomic E-state index is 11.3. The van der Waals surface area contributed by atoms with Crippen molar-refractivity contribution in [2.45, 2.75) is 46.1 Å². The number of rotatable bonds is 7. The molecule has 0 bridgehead atoms. The van der Waals surface area contributed by atoms with E-state index in [-0.39, 0.29) is 24.4 Å². The molecule has 0 aromatic heterocycles. The van der Waals surface area contributed by atoms with E-state index in [1.54, 1.807) is 0 Å². The highest BCUT2D eigenvalue weighted by atomic mass is 16.4. The van der Waals surface area contributed by atoms with Crippen molar-refractivity contribution in [2.24, 2.45) is 5.92 Å². The molecule has 0 aliphatic rings. The predicted molar refractivity (Wildman–Crippen MR) is 62.3 cm³/mol. The molecule has 16 heavy (non-hydrogen) atoms. The van der Waals surface area contributed by atoms with Crippen molar-refractivity contribution < 1.29 is 14.7 Å². The molecule has 0 aliphatic carbocycles. The standard InChI is InChI=1S/C11H22N2O3/c1-4-9(3)13-11(16)12-7-8(2)5-6-10(14)15/h8-9H,4-7H2,1-3H3,(H,14,15)(H2,12,13,16). The molecule has 0 aromatic carbocycles. The van der Waals surface area contributed by atoms with Crippen LogP contribution in [0.3, 0.4) is 0 Å². The van der Waals surface area contributed by atoms with Gasteiger partial charge in [-0.3, -0.25) is 4.79 Å². The van der Waals surface area contributed by atoms with Gasteiger partial charge in [-0.1, -0.05) is 13.8 Å². The summed E-state index contributed by atoms with van der Waals surface area (Å²) < 4.78 is 0. The number of carbonyl (C=O) groups excluding carboxylic acids is 1. The van der Waals surface area contributed by atoms with Gasteiger partial charge in [0.2, 0.25) is 0 Å². The lowest BCUT2D eigenvalue weighted by atomic mass is 10.1. The SMILES string of the molecule is CCC(C)NC(=O)NCC(C)CCC(=O)O. The van der Waals surface area contributed by atoms with E-state index < -0.39 is 5.97 Å². The van der Waals surface area contributed by atoms with E-state index in [0.29, 0.717) is 13.0 Å². The molecule has 2 unspecified atom stereocenters. The van der Waals surface area contributed by atoms with Gasteiger partial charge < -0.3 is 15.7 Å². The Morgan fingerprint density at radius 1 is 1.31 bits per heavy atom. The summed E-state index contributed by atoms with van der Waals surface area (Å²) in [5.74, 6) is -0.616. The Bertz CT molecular complexity index is 231. The van der Waals surface area contributed by atoms with Crippen molar-refractivity contribution in [3.05, 3.63) is 0 Å². The van der Waals surface area contributed by atoms with Crippen LogP contribution in [0.2, 0.25) is 0 Å². The fourth-order valence-electron chi connectivity index (χ4n) is 1.12. The molecule has 2 amide bonds. The van der Waals surface area contributed by atoms with Crippen molar-refractivity contribution >= 4 is 12.0 Å². The average Bonchev–Trinajstić information content (AvgIpc) is 2.23. The predicted octanol–water partition coefficient (Wildman–Crippen LogP) is 1.59. The van der Waals surface area contributed by atoms with Gasteiger partial charge in [0.25, 0.3) is 0 Å². The Balaban J connectivity index is 3.62. The highest BCUT2D eigenvalue weighted by Gasteiger charge is 2.08. The zero-order chi connectivity index (χ0) is 12.6. The van der Waals surface area contributed by atoms with Gasteiger partial charge in [0.1, 0.15) is 0 Å². The molecule has 0 spiro atoms. The Morgan fingerprint density at radius 3 is 2.44 bits per heavy atom. The summed E-state index contributed by atoms with van der Waals surface area (Å²) in [4.78, 5) is 21.6. The Labute approximate surface area is 96.6 Å². The summed E-state index contributed by atoms with van der Waals surface area (Å²) in [6, 6.07) is -0.0224. The second-order valence-electron chi connectivity index (χ2n) is 4.20. The van der Waals surface area contributed by atoms with Gasteiger partial charge in [0.15, 0.2) is 0 Å². The Hall–Kier alpha value is -1.26. The van der Waals surface area contributed by atoms with Crippen molar-refractivity contribution in [2.75, 3.05) is 6.54 Å². The second kappa shape index (κ2) is 7.96. The molecule has 0 saturated heterocycles. The summed E-state index contributed by atoms with van der Waals surface area (Å²) in [6.45, 7) is 6.37. The number of urea groups is 1. The molecule has 94 valence electrons. The number of hydrogen-bond acceptors (Lipinski definition) is 2. The lowest BCUT2D eigenvalue weighted by molar-refractivity contribution is -0.137. The first-order chi connectivity index (χ1) is 7.45. The average molecular weight is 230 g/mol. The van der Waals surface area contributed by atoms with Crippen molar-refractivity contribution in [1.82, 2.24) is 10.6 Å². The minimum Gasteiger partial charge on any atom is -0.481 e. The molecule has 0 fully saturated rings. The summed E-state index contributed by atoms with van der Waals surface area (Å²) in [5.41, 5.74) is 0. The monoisotopic (exact) mass is 230 g/mol. The van der Waals surface area contributed by atoms with E-state index >= 15 is 0 Å². The van der Waals surface area contributed by atoms with Crippen LogP contribution in [0.5, 0.6) is 0 Å². The molecule has 0 heterocycles. The zero-order valence-electron chi connectivity index (χ0n) is 10.2. The van der Waals surface area contributed by atoms with Crippen LogP contribution in [-0.4, -0.2) is 29.7 Å². The van der Waals surface area contributed by atoms with Crippen LogP contribution < -0.4 is 10.6 Å². The van der Waals surface area contributed by atoms with Crippen molar-refractivity contribution in [3.8, 4) is 0 Å². The van der Waals surface area contributed by atoms with Crippen LogP contribution in [0.4, 0.5) is 4.79 Å². The molecule has 0 aromatic rings. The topological polar surface area (TPSA) is 78.4 Å². The fraction of sp³-hybridized carbons (Fsp3) is 0.818. The lowest BCUT2D eigenvalue weighted by Crippen LogP contribution is -2.42. The third kappa shape index (κ3) is 8.08. The van der Waals surface area contributed by atoms with Crippen LogP contribution in [0.1, 0.15) is 40.0 Å². The molecule has 0 rings (SSSR count). The van der Waals surface area contributed by atoms with Gasteiger partial charge in [-0.25, -0.2) is 4.79 Å². The van der Waals surface area contributed by atoms with Crippen molar-refractivity contribution in [3.63, 3.8) is 0 Å². The van der Waals surface area contributed by atoms with E-state index in [1.807, 2.05) is 20.8 Å². The summed E-state index contributed by atoms with van der Waals surface area (Å²) in [5, 5.41) is 14.0. The van der Waals surface area contributed by atoms with Crippen LogP contribution in [0.15, 0.2) is 0 Å². The zero-order valence-corrected chi connectivity index (χ0v) is 10.2. The highest BCUT2D eigenvalue weighted by Crippen LogP contribution is 2.03. The van der Waals surface area contributed by atoms with Gasteiger partial charge in [-0.05, 0) is 25.7 Å². The second-order valence-corrected chi connectivity index (χ2v) is 4.20. The van der Waals surface area contributed by atoms with E-state index in [4.69, 9.17) is 5.11 Å². The Kier molecular flexibility index (Phi) is 7.33. The summed E-state index contributed by atoms with van der Waals surface area (Å²) in [6.07, 6.45) is 1.62. The minimum atomic E-state index is -0.795. The molecular formula is C11H22N2O3. The van der Waals surface area contributed by atoms with Crippen LogP contribution >= 0.6 is 0 Å². The van der Waals surface area contributed by atoms with Crippen molar-refractivity contribution in [1.29, 1.82) is 0 Å². The first-order valence-corrected chi connectivity index (χ1v) is 5.71. The summed E-state index contributed by atoms with van der Waals surface area (Å²) in [7, 11) is 0. The maximum Gasteiger partial charge on any atom is 0.315 e. The summed E-state index contributed by atoms with van der Waals surface area (Å²) >= 11 is 0. The van der Waals surface area contributed by atoms with E-state index in [1.165, 1.54) is 0 Å². The third-order valence-electron chi connectivity index (χ3n) is 2.45. The molecular weight excluding hydrogens is 208 g/mol. The van der Waals surface area contributed by atoms with Gasteiger partial charge in [0.05, 0.1) is 0 Å². The molecule has 5 nitrogen and oxygen atoms in total. The number of carboxylic acid groups (broad SMARTS) is 1. The number of nitrogens with one attached hydrogen (secondary N) is 2. The van der Waals surface area contributed by atoms with Crippen LogP contribution in [0, 0.1) is 5.92 Å². The number of carbonyl (C=O) groups is 2. The number of amides is 2. The van der Waals surface area contributed by atoms with E-state index in [0.717, 1.165) is 6.42 Å². The quantitative estimate of drug-likeness (QED) is 0.621. The molecule has 0 radical (unpaired) electrons. The van der Waals surface area contributed by atoms with Gasteiger partial charge >= 0.3 is 12.0 Å².